The van der Waals surface area contributed by atoms with Gasteiger partial charge in [0, 0.05) is 11.1 Å². The highest BCUT2D eigenvalue weighted by Crippen LogP contribution is 2.32. The Morgan fingerprint density at radius 3 is 2.91 bits per heavy atom. The molecule has 0 saturated carbocycles. The zero-order valence-electron chi connectivity index (χ0n) is 11.9. The van der Waals surface area contributed by atoms with Gasteiger partial charge in [-0.2, -0.15) is 5.10 Å². The number of rotatable bonds is 3. The average molecular weight is 298 g/mol. The summed E-state index contributed by atoms with van der Waals surface area (Å²) in [7, 11) is 0. The van der Waals surface area contributed by atoms with E-state index < -0.39 is 0 Å². The van der Waals surface area contributed by atoms with Crippen molar-refractivity contribution in [1.82, 2.24) is 5.43 Å². The SMILES string of the molecule is Cc1ccc(O)c(/C=N\NC(=O)c2ccc3c(c2)OCO3)c1. The van der Waals surface area contributed by atoms with E-state index in [1.54, 1.807) is 36.4 Å². The van der Waals surface area contributed by atoms with Gasteiger partial charge in [-0.1, -0.05) is 11.6 Å². The van der Waals surface area contributed by atoms with Gasteiger partial charge in [0.25, 0.3) is 5.91 Å². The zero-order valence-corrected chi connectivity index (χ0v) is 11.9. The molecule has 0 bridgehead atoms. The molecule has 0 fully saturated rings. The van der Waals surface area contributed by atoms with E-state index >= 15 is 0 Å². The first kappa shape index (κ1) is 13.9. The molecular weight excluding hydrogens is 284 g/mol. The number of fused-ring (bicyclic) bond motifs is 1. The molecule has 22 heavy (non-hydrogen) atoms. The Kier molecular flexibility index (Phi) is 3.65. The molecule has 1 aliphatic rings. The van der Waals surface area contributed by atoms with E-state index in [2.05, 4.69) is 10.5 Å². The van der Waals surface area contributed by atoms with Crippen LogP contribution in [0.5, 0.6) is 17.2 Å². The fourth-order valence-electron chi connectivity index (χ4n) is 2.04. The van der Waals surface area contributed by atoms with Gasteiger partial charge in [-0.3, -0.25) is 4.79 Å². The topological polar surface area (TPSA) is 80.2 Å². The predicted octanol–water partition coefficient (Wildman–Crippen LogP) is 2.19. The second kappa shape index (κ2) is 5.77. The number of hydrogen-bond acceptors (Lipinski definition) is 5. The van der Waals surface area contributed by atoms with E-state index in [4.69, 9.17) is 9.47 Å². The van der Waals surface area contributed by atoms with Gasteiger partial charge in [-0.05, 0) is 37.3 Å². The Morgan fingerprint density at radius 1 is 1.23 bits per heavy atom. The molecule has 0 saturated heterocycles. The lowest BCUT2D eigenvalue weighted by molar-refractivity contribution is 0.0954. The van der Waals surface area contributed by atoms with Crippen molar-refractivity contribution in [2.75, 3.05) is 6.79 Å². The largest absolute Gasteiger partial charge is 0.507 e. The first-order chi connectivity index (χ1) is 10.6. The summed E-state index contributed by atoms with van der Waals surface area (Å²) in [5.74, 6) is 0.881. The van der Waals surface area contributed by atoms with E-state index in [9.17, 15) is 9.90 Å². The van der Waals surface area contributed by atoms with E-state index in [1.165, 1.54) is 6.21 Å². The molecule has 2 N–H and O–H groups in total. The number of amides is 1. The Labute approximate surface area is 127 Å². The summed E-state index contributed by atoms with van der Waals surface area (Å²) in [6.45, 7) is 2.06. The maximum atomic E-state index is 12.0. The van der Waals surface area contributed by atoms with Crippen molar-refractivity contribution in [1.29, 1.82) is 0 Å². The van der Waals surface area contributed by atoms with Crippen molar-refractivity contribution in [3.8, 4) is 17.2 Å². The molecule has 0 aromatic heterocycles. The van der Waals surface area contributed by atoms with Crippen LogP contribution in [0.1, 0.15) is 21.5 Å². The fraction of sp³-hybridized carbons (Fsp3) is 0.125. The minimum absolute atomic E-state index is 0.103. The number of ether oxygens (including phenoxy) is 2. The minimum Gasteiger partial charge on any atom is -0.507 e. The van der Waals surface area contributed by atoms with Gasteiger partial charge < -0.3 is 14.6 Å². The lowest BCUT2D eigenvalue weighted by Crippen LogP contribution is -2.17. The van der Waals surface area contributed by atoms with E-state index in [1.807, 2.05) is 6.92 Å². The monoisotopic (exact) mass is 298 g/mol. The number of carbonyl (C=O) groups excluding carboxylic acids is 1. The molecule has 6 heteroatoms. The standard InChI is InChI=1S/C16H14N2O4/c1-10-2-4-13(19)12(6-10)8-17-18-16(20)11-3-5-14-15(7-11)22-9-21-14/h2-8,19H,9H2,1H3,(H,18,20)/b17-8-. The van der Waals surface area contributed by atoms with Crippen LogP contribution in [0.15, 0.2) is 41.5 Å². The highest BCUT2D eigenvalue weighted by Gasteiger charge is 2.15. The van der Waals surface area contributed by atoms with E-state index in [-0.39, 0.29) is 18.4 Å². The molecule has 0 atom stereocenters. The second-order valence-corrected chi connectivity index (χ2v) is 4.83. The van der Waals surface area contributed by atoms with Crippen LogP contribution < -0.4 is 14.9 Å². The molecule has 1 heterocycles. The molecule has 2 aromatic rings. The van der Waals surface area contributed by atoms with Gasteiger partial charge in [0.05, 0.1) is 6.21 Å². The maximum absolute atomic E-state index is 12.0. The molecule has 1 amide bonds. The smallest absolute Gasteiger partial charge is 0.271 e. The van der Waals surface area contributed by atoms with Crippen LogP contribution >= 0.6 is 0 Å². The minimum atomic E-state index is -0.373. The third kappa shape index (κ3) is 2.85. The fourth-order valence-corrected chi connectivity index (χ4v) is 2.04. The van der Waals surface area contributed by atoms with Gasteiger partial charge in [0.1, 0.15) is 5.75 Å². The lowest BCUT2D eigenvalue weighted by atomic mass is 10.1. The van der Waals surface area contributed by atoms with Crippen LogP contribution in [0.3, 0.4) is 0 Å². The maximum Gasteiger partial charge on any atom is 0.271 e. The molecule has 6 nitrogen and oxygen atoms in total. The molecular formula is C16H14N2O4. The number of aryl methyl sites for hydroxylation is 1. The second-order valence-electron chi connectivity index (χ2n) is 4.83. The number of carbonyl (C=O) groups is 1. The number of hydrogen-bond donors (Lipinski definition) is 2. The molecule has 0 aliphatic carbocycles. The number of aromatic hydroxyl groups is 1. The van der Waals surface area contributed by atoms with Crippen LogP contribution in [0.25, 0.3) is 0 Å². The summed E-state index contributed by atoms with van der Waals surface area (Å²) < 4.78 is 10.4. The normalized spacial score (nSPS) is 12.6. The number of benzene rings is 2. The number of hydrazone groups is 1. The Balaban J connectivity index is 1.69. The summed E-state index contributed by atoms with van der Waals surface area (Å²) in [6.07, 6.45) is 1.40. The number of nitrogens with zero attached hydrogens (tertiary/aromatic N) is 1. The van der Waals surface area contributed by atoms with Crippen LogP contribution in [-0.2, 0) is 0 Å². The molecule has 3 rings (SSSR count). The average Bonchev–Trinajstić information content (AvgIpc) is 2.98. The number of nitrogens with one attached hydrogen (secondary N) is 1. The lowest BCUT2D eigenvalue weighted by Gasteiger charge is -2.02. The third-order valence-electron chi connectivity index (χ3n) is 3.19. The van der Waals surface area contributed by atoms with Crippen LogP contribution in [-0.4, -0.2) is 24.0 Å². The molecule has 0 unspecified atom stereocenters. The highest BCUT2D eigenvalue weighted by molar-refractivity contribution is 5.95. The number of phenols is 1. The van der Waals surface area contributed by atoms with Gasteiger partial charge in [-0.15, -0.1) is 0 Å². The van der Waals surface area contributed by atoms with Crippen molar-refractivity contribution in [3.63, 3.8) is 0 Å². The van der Waals surface area contributed by atoms with E-state index in [0.29, 0.717) is 22.6 Å². The third-order valence-corrected chi connectivity index (χ3v) is 3.19. The Bertz CT molecular complexity index is 756. The van der Waals surface area contributed by atoms with Gasteiger partial charge in [0.15, 0.2) is 11.5 Å². The summed E-state index contributed by atoms with van der Waals surface area (Å²) >= 11 is 0. The summed E-state index contributed by atoms with van der Waals surface area (Å²) in [5.41, 5.74) is 4.34. The molecule has 0 spiro atoms. The molecule has 1 aliphatic heterocycles. The molecule has 112 valence electrons. The quantitative estimate of drug-likeness (QED) is 0.672. The van der Waals surface area contributed by atoms with Crippen molar-refractivity contribution >= 4 is 12.1 Å². The van der Waals surface area contributed by atoms with Gasteiger partial charge in [-0.25, -0.2) is 5.43 Å². The summed E-state index contributed by atoms with van der Waals surface area (Å²) in [5, 5.41) is 13.5. The van der Waals surface area contributed by atoms with Crippen molar-refractivity contribution < 1.29 is 19.4 Å². The van der Waals surface area contributed by atoms with E-state index in [0.717, 1.165) is 5.56 Å². The first-order valence-corrected chi connectivity index (χ1v) is 6.66. The zero-order chi connectivity index (χ0) is 15.5. The molecule has 0 radical (unpaired) electrons. The Hall–Kier alpha value is -3.02. The summed E-state index contributed by atoms with van der Waals surface area (Å²) in [4.78, 5) is 12.0. The molecule has 2 aromatic carbocycles. The van der Waals surface area contributed by atoms with Crippen LogP contribution in [0.2, 0.25) is 0 Å². The van der Waals surface area contributed by atoms with Gasteiger partial charge in [0.2, 0.25) is 6.79 Å². The number of phenolic OH excluding ortho intramolecular Hbond substituents is 1. The van der Waals surface area contributed by atoms with Crippen molar-refractivity contribution in [2.45, 2.75) is 6.92 Å². The van der Waals surface area contributed by atoms with Crippen molar-refractivity contribution in [2.24, 2.45) is 5.10 Å². The Morgan fingerprint density at radius 2 is 2.05 bits per heavy atom. The highest BCUT2D eigenvalue weighted by atomic mass is 16.7. The van der Waals surface area contributed by atoms with Crippen LogP contribution in [0.4, 0.5) is 0 Å². The predicted molar refractivity (Wildman–Crippen MR) is 80.5 cm³/mol. The van der Waals surface area contributed by atoms with Crippen molar-refractivity contribution in [3.05, 3.63) is 53.1 Å². The van der Waals surface area contributed by atoms with Gasteiger partial charge >= 0.3 is 0 Å². The first-order valence-electron chi connectivity index (χ1n) is 6.66. The summed E-state index contributed by atoms with van der Waals surface area (Å²) in [6, 6.07) is 10.0. The van der Waals surface area contributed by atoms with Crippen LogP contribution in [0, 0.1) is 6.92 Å².